The lowest BCUT2D eigenvalue weighted by molar-refractivity contribution is -0.144. The van der Waals surface area contributed by atoms with Crippen molar-refractivity contribution in [2.75, 3.05) is 6.61 Å². The highest BCUT2D eigenvalue weighted by atomic mass is 16.5. The molecule has 3 nitrogen and oxygen atoms in total. The smallest absolute Gasteiger partial charge is 0.307 e. The van der Waals surface area contributed by atoms with Crippen molar-refractivity contribution in [3.8, 4) is 0 Å². The van der Waals surface area contributed by atoms with Crippen LogP contribution < -0.4 is 5.73 Å². The summed E-state index contributed by atoms with van der Waals surface area (Å²) in [6.45, 7) is 2.56. The van der Waals surface area contributed by atoms with E-state index in [1.807, 2.05) is 30.3 Å². The summed E-state index contributed by atoms with van der Waals surface area (Å²) in [5.41, 5.74) is 6.87. The Morgan fingerprint density at radius 3 is 2.69 bits per heavy atom. The number of rotatable bonds is 6. The van der Waals surface area contributed by atoms with E-state index in [9.17, 15) is 4.79 Å². The van der Waals surface area contributed by atoms with Crippen LogP contribution in [-0.4, -0.2) is 12.6 Å². The summed E-state index contributed by atoms with van der Waals surface area (Å²) in [7, 11) is 0. The summed E-state index contributed by atoms with van der Waals surface area (Å²) in [5, 5.41) is 0. The van der Waals surface area contributed by atoms with Crippen molar-refractivity contribution >= 4 is 5.97 Å². The number of carbonyl (C=O) groups excluding carboxylic acids is 1. The van der Waals surface area contributed by atoms with Crippen LogP contribution in [0.25, 0.3) is 0 Å². The number of benzene rings is 1. The molecule has 0 saturated heterocycles. The van der Waals surface area contributed by atoms with Gasteiger partial charge in [-0.2, -0.15) is 0 Å². The van der Waals surface area contributed by atoms with Crippen molar-refractivity contribution in [2.24, 2.45) is 5.73 Å². The Labute approximate surface area is 96.6 Å². The number of ether oxygens (including phenoxy) is 1. The van der Waals surface area contributed by atoms with Gasteiger partial charge in [-0.3, -0.25) is 4.79 Å². The molecule has 0 heterocycles. The molecule has 88 valence electrons. The van der Waals surface area contributed by atoms with Crippen LogP contribution in [-0.2, 0) is 9.53 Å². The molecule has 0 aliphatic carbocycles. The minimum atomic E-state index is -0.268. The number of hydrogen-bond donors (Lipinski definition) is 1. The molecule has 0 amide bonds. The zero-order valence-corrected chi connectivity index (χ0v) is 9.69. The zero-order valence-electron chi connectivity index (χ0n) is 9.69. The molecule has 0 aliphatic heterocycles. The third-order valence-electron chi connectivity index (χ3n) is 2.38. The van der Waals surface area contributed by atoms with Crippen molar-refractivity contribution in [1.82, 2.24) is 0 Å². The number of esters is 1. The summed E-state index contributed by atoms with van der Waals surface area (Å²) >= 11 is 0. The van der Waals surface area contributed by atoms with Gasteiger partial charge in [0.1, 0.15) is 0 Å². The van der Waals surface area contributed by atoms with E-state index in [0.717, 1.165) is 18.4 Å². The van der Waals surface area contributed by atoms with Crippen LogP contribution in [0.1, 0.15) is 37.8 Å². The van der Waals surface area contributed by atoms with E-state index < -0.39 is 0 Å². The predicted molar refractivity (Wildman–Crippen MR) is 63.9 cm³/mol. The normalized spacial score (nSPS) is 12.1. The summed E-state index contributed by atoms with van der Waals surface area (Å²) in [4.78, 5) is 11.4. The summed E-state index contributed by atoms with van der Waals surface area (Å²) < 4.78 is 5.06. The highest BCUT2D eigenvalue weighted by Crippen LogP contribution is 2.13. The molecule has 16 heavy (non-hydrogen) atoms. The fraction of sp³-hybridized carbons (Fsp3) is 0.462. The van der Waals surface area contributed by atoms with Crippen LogP contribution in [0.2, 0.25) is 0 Å². The van der Waals surface area contributed by atoms with E-state index >= 15 is 0 Å². The van der Waals surface area contributed by atoms with Gasteiger partial charge in [0.05, 0.1) is 13.0 Å². The monoisotopic (exact) mass is 221 g/mol. The van der Waals surface area contributed by atoms with Gasteiger partial charge in [-0.05, 0) is 12.0 Å². The minimum absolute atomic E-state index is 0.218. The molecular weight excluding hydrogens is 202 g/mol. The maximum atomic E-state index is 11.4. The highest BCUT2D eigenvalue weighted by molar-refractivity contribution is 5.70. The topological polar surface area (TPSA) is 52.3 Å². The molecule has 1 unspecified atom stereocenters. The van der Waals surface area contributed by atoms with E-state index in [1.165, 1.54) is 0 Å². The SMILES string of the molecule is CCCCOC(=O)CC(N)c1ccccc1. The molecule has 0 fully saturated rings. The van der Waals surface area contributed by atoms with Crippen LogP contribution in [0.3, 0.4) is 0 Å². The molecule has 0 saturated carbocycles. The summed E-state index contributed by atoms with van der Waals surface area (Å²) in [5.74, 6) is -0.218. The summed E-state index contributed by atoms with van der Waals surface area (Å²) in [6, 6.07) is 9.33. The number of unbranched alkanes of at least 4 members (excludes halogenated alkanes) is 1. The minimum Gasteiger partial charge on any atom is -0.466 e. The van der Waals surface area contributed by atoms with Crippen molar-refractivity contribution in [1.29, 1.82) is 0 Å². The fourth-order valence-corrected chi connectivity index (χ4v) is 1.39. The van der Waals surface area contributed by atoms with Crippen molar-refractivity contribution in [2.45, 2.75) is 32.2 Å². The molecule has 1 atom stereocenters. The van der Waals surface area contributed by atoms with Gasteiger partial charge in [-0.25, -0.2) is 0 Å². The Kier molecular flexibility index (Phi) is 5.57. The fourth-order valence-electron chi connectivity index (χ4n) is 1.39. The Morgan fingerprint density at radius 2 is 2.06 bits per heavy atom. The molecule has 3 heteroatoms. The molecular formula is C13H19NO2. The maximum Gasteiger partial charge on any atom is 0.307 e. The van der Waals surface area contributed by atoms with E-state index in [1.54, 1.807) is 0 Å². The highest BCUT2D eigenvalue weighted by Gasteiger charge is 2.11. The second-order valence-electron chi connectivity index (χ2n) is 3.80. The first-order valence-corrected chi connectivity index (χ1v) is 5.70. The Bertz CT molecular complexity index is 311. The molecule has 0 spiro atoms. The van der Waals surface area contributed by atoms with Gasteiger partial charge in [0.25, 0.3) is 0 Å². The van der Waals surface area contributed by atoms with Crippen LogP contribution >= 0.6 is 0 Å². The molecule has 1 aromatic rings. The van der Waals surface area contributed by atoms with Gasteiger partial charge in [-0.1, -0.05) is 43.7 Å². The first-order valence-electron chi connectivity index (χ1n) is 5.70. The second kappa shape index (κ2) is 7.01. The average Bonchev–Trinajstić information content (AvgIpc) is 2.30. The van der Waals surface area contributed by atoms with Gasteiger partial charge in [0, 0.05) is 6.04 Å². The molecule has 0 bridgehead atoms. The second-order valence-corrected chi connectivity index (χ2v) is 3.80. The van der Waals surface area contributed by atoms with Gasteiger partial charge in [-0.15, -0.1) is 0 Å². The van der Waals surface area contributed by atoms with Gasteiger partial charge in [0.15, 0.2) is 0 Å². The largest absolute Gasteiger partial charge is 0.466 e. The lowest BCUT2D eigenvalue weighted by atomic mass is 10.1. The van der Waals surface area contributed by atoms with Crippen molar-refractivity contribution in [3.63, 3.8) is 0 Å². The third kappa shape index (κ3) is 4.45. The zero-order chi connectivity index (χ0) is 11.8. The summed E-state index contributed by atoms with van der Waals surface area (Å²) in [6.07, 6.45) is 2.18. The van der Waals surface area contributed by atoms with Crippen LogP contribution in [0.15, 0.2) is 30.3 Å². The van der Waals surface area contributed by atoms with Gasteiger partial charge < -0.3 is 10.5 Å². The molecule has 0 aliphatic rings. The third-order valence-corrected chi connectivity index (χ3v) is 2.38. The van der Waals surface area contributed by atoms with E-state index in [4.69, 9.17) is 10.5 Å². The molecule has 2 N–H and O–H groups in total. The van der Waals surface area contributed by atoms with Crippen LogP contribution in [0.5, 0.6) is 0 Å². The van der Waals surface area contributed by atoms with Crippen LogP contribution in [0, 0.1) is 0 Å². The van der Waals surface area contributed by atoms with E-state index in [-0.39, 0.29) is 18.4 Å². The van der Waals surface area contributed by atoms with Crippen molar-refractivity contribution in [3.05, 3.63) is 35.9 Å². The number of hydrogen-bond acceptors (Lipinski definition) is 3. The quantitative estimate of drug-likeness (QED) is 0.593. The molecule has 0 aromatic heterocycles. The Morgan fingerprint density at radius 1 is 1.38 bits per heavy atom. The lowest BCUT2D eigenvalue weighted by Crippen LogP contribution is -2.17. The van der Waals surface area contributed by atoms with E-state index in [0.29, 0.717) is 6.61 Å². The number of nitrogens with two attached hydrogens (primary N) is 1. The number of carbonyl (C=O) groups is 1. The first-order chi connectivity index (χ1) is 7.74. The molecule has 1 aromatic carbocycles. The Balaban J connectivity index is 2.34. The van der Waals surface area contributed by atoms with Crippen LogP contribution in [0.4, 0.5) is 0 Å². The lowest BCUT2D eigenvalue weighted by Gasteiger charge is -2.11. The first kappa shape index (κ1) is 12.7. The van der Waals surface area contributed by atoms with E-state index in [2.05, 4.69) is 6.92 Å². The molecule has 0 radical (unpaired) electrons. The molecule has 1 rings (SSSR count). The van der Waals surface area contributed by atoms with Gasteiger partial charge in [0.2, 0.25) is 0 Å². The average molecular weight is 221 g/mol. The maximum absolute atomic E-state index is 11.4. The van der Waals surface area contributed by atoms with Gasteiger partial charge >= 0.3 is 5.97 Å². The van der Waals surface area contributed by atoms with Crippen molar-refractivity contribution < 1.29 is 9.53 Å². The standard InChI is InChI=1S/C13H19NO2/c1-2-3-9-16-13(15)10-12(14)11-7-5-4-6-8-11/h4-8,12H,2-3,9-10,14H2,1H3. The Hall–Kier alpha value is -1.35. The predicted octanol–water partition coefficient (Wildman–Crippen LogP) is 2.42.